The number of carbonyl (C=O) groups excluding carboxylic acids is 1. The van der Waals surface area contributed by atoms with Crippen LogP contribution in [-0.4, -0.2) is 42.9 Å². The smallest absolute Gasteiger partial charge is 0.314 e. The summed E-state index contributed by atoms with van der Waals surface area (Å²) >= 11 is 0. The molecule has 2 aromatic carbocycles. The molecule has 2 atom stereocenters. The van der Waals surface area contributed by atoms with Crippen LogP contribution in [0.5, 0.6) is 0 Å². The van der Waals surface area contributed by atoms with Crippen LogP contribution in [-0.2, 0) is 22.8 Å². The Kier molecular flexibility index (Phi) is 4.75. The van der Waals surface area contributed by atoms with E-state index >= 15 is 0 Å². The largest absolute Gasteiger partial charge is 0.325 e. The SMILES string of the molecule is C=Cc1ccc(CN2C(=O)N(c3ccc(CC)cc3)[C@H]3CS(=O)(=O)C[C@@H]32)cc1. The maximum atomic E-state index is 13.3. The maximum absolute atomic E-state index is 13.3. The highest BCUT2D eigenvalue weighted by Gasteiger charge is 2.53. The quantitative estimate of drug-likeness (QED) is 0.727. The third-order valence-electron chi connectivity index (χ3n) is 5.67. The normalized spacial score (nSPS) is 23.1. The zero-order valence-electron chi connectivity index (χ0n) is 15.9. The first-order valence-electron chi connectivity index (χ1n) is 9.52. The van der Waals surface area contributed by atoms with Gasteiger partial charge in [0.2, 0.25) is 0 Å². The highest BCUT2D eigenvalue weighted by atomic mass is 32.2. The predicted octanol–water partition coefficient (Wildman–Crippen LogP) is 3.50. The van der Waals surface area contributed by atoms with Crippen molar-refractivity contribution in [2.45, 2.75) is 32.0 Å². The second-order valence-electron chi connectivity index (χ2n) is 7.46. The van der Waals surface area contributed by atoms with Gasteiger partial charge in [0.25, 0.3) is 0 Å². The van der Waals surface area contributed by atoms with Gasteiger partial charge >= 0.3 is 6.03 Å². The number of hydrogen-bond donors (Lipinski definition) is 0. The molecule has 2 aromatic rings. The molecule has 2 amide bonds. The van der Waals surface area contributed by atoms with E-state index in [1.165, 1.54) is 5.56 Å². The minimum atomic E-state index is -3.17. The zero-order chi connectivity index (χ0) is 19.9. The lowest BCUT2D eigenvalue weighted by atomic mass is 10.1. The van der Waals surface area contributed by atoms with Gasteiger partial charge in [-0.15, -0.1) is 0 Å². The van der Waals surface area contributed by atoms with Crippen LogP contribution in [0.4, 0.5) is 10.5 Å². The van der Waals surface area contributed by atoms with Gasteiger partial charge in [0.1, 0.15) is 0 Å². The number of sulfone groups is 1. The van der Waals surface area contributed by atoms with Gasteiger partial charge < -0.3 is 4.90 Å². The summed E-state index contributed by atoms with van der Waals surface area (Å²) in [5, 5.41) is 0. The summed E-state index contributed by atoms with van der Waals surface area (Å²) in [7, 11) is -3.17. The molecule has 6 heteroatoms. The molecule has 0 unspecified atom stereocenters. The van der Waals surface area contributed by atoms with Crippen LogP contribution in [0.15, 0.2) is 55.1 Å². The van der Waals surface area contributed by atoms with E-state index in [4.69, 9.17) is 0 Å². The Hall–Kier alpha value is -2.60. The van der Waals surface area contributed by atoms with Gasteiger partial charge in [-0.1, -0.05) is 56.0 Å². The van der Waals surface area contributed by atoms with E-state index in [-0.39, 0.29) is 29.6 Å². The molecule has 28 heavy (non-hydrogen) atoms. The van der Waals surface area contributed by atoms with Gasteiger partial charge in [0.15, 0.2) is 9.84 Å². The number of aryl methyl sites for hydroxylation is 1. The lowest BCUT2D eigenvalue weighted by molar-refractivity contribution is 0.206. The minimum absolute atomic E-state index is 0.0187. The summed E-state index contributed by atoms with van der Waals surface area (Å²) < 4.78 is 24.7. The van der Waals surface area contributed by atoms with Crippen molar-refractivity contribution < 1.29 is 13.2 Å². The average molecular weight is 397 g/mol. The summed E-state index contributed by atoms with van der Waals surface area (Å²) in [5.74, 6) is 0.0442. The van der Waals surface area contributed by atoms with Gasteiger partial charge in [-0.3, -0.25) is 4.90 Å². The zero-order valence-corrected chi connectivity index (χ0v) is 16.7. The molecule has 0 radical (unpaired) electrons. The Balaban J connectivity index is 1.66. The monoisotopic (exact) mass is 396 g/mol. The molecule has 2 saturated heterocycles. The predicted molar refractivity (Wildman–Crippen MR) is 112 cm³/mol. The highest BCUT2D eigenvalue weighted by Crippen LogP contribution is 2.36. The topological polar surface area (TPSA) is 57.7 Å². The molecule has 2 heterocycles. The first kappa shape index (κ1) is 18.7. The summed E-state index contributed by atoms with van der Waals surface area (Å²) in [5.41, 5.74) is 3.93. The van der Waals surface area contributed by atoms with Crippen LogP contribution < -0.4 is 4.90 Å². The molecule has 0 aliphatic carbocycles. The number of amides is 2. The molecule has 0 bridgehead atoms. The van der Waals surface area contributed by atoms with E-state index in [0.717, 1.165) is 23.2 Å². The van der Waals surface area contributed by atoms with Crippen LogP contribution in [0.25, 0.3) is 6.08 Å². The molecule has 0 N–H and O–H groups in total. The van der Waals surface area contributed by atoms with Crippen molar-refractivity contribution in [1.29, 1.82) is 0 Å². The lowest BCUT2D eigenvalue weighted by Gasteiger charge is -2.23. The first-order chi connectivity index (χ1) is 13.4. The van der Waals surface area contributed by atoms with E-state index in [1.54, 1.807) is 15.9 Å². The van der Waals surface area contributed by atoms with Crippen LogP contribution in [0.2, 0.25) is 0 Å². The van der Waals surface area contributed by atoms with Crippen LogP contribution >= 0.6 is 0 Å². The van der Waals surface area contributed by atoms with Gasteiger partial charge in [-0.05, 0) is 35.2 Å². The van der Waals surface area contributed by atoms with Crippen molar-refractivity contribution in [1.82, 2.24) is 4.90 Å². The molecule has 0 saturated carbocycles. The van der Waals surface area contributed by atoms with Gasteiger partial charge in [0, 0.05) is 12.2 Å². The third-order valence-corrected chi connectivity index (χ3v) is 7.37. The third kappa shape index (κ3) is 3.33. The second-order valence-corrected chi connectivity index (χ2v) is 9.61. The second kappa shape index (κ2) is 7.09. The maximum Gasteiger partial charge on any atom is 0.325 e. The van der Waals surface area contributed by atoms with Crippen molar-refractivity contribution in [2.75, 3.05) is 16.4 Å². The highest BCUT2D eigenvalue weighted by molar-refractivity contribution is 7.91. The number of nitrogens with zero attached hydrogens (tertiary/aromatic N) is 2. The Morgan fingerprint density at radius 1 is 1.00 bits per heavy atom. The van der Waals surface area contributed by atoms with Crippen LogP contribution in [0, 0.1) is 0 Å². The number of fused-ring (bicyclic) bond motifs is 1. The number of urea groups is 1. The molecule has 146 valence electrons. The molecule has 2 aliphatic rings. The van der Waals surface area contributed by atoms with Gasteiger partial charge in [-0.2, -0.15) is 0 Å². The van der Waals surface area contributed by atoms with Gasteiger partial charge in [0.05, 0.1) is 23.6 Å². The van der Waals surface area contributed by atoms with Crippen molar-refractivity contribution in [3.8, 4) is 0 Å². The van der Waals surface area contributed by atoms with Crippen molar-refractivity contribution in [3.05, 3.63) is 71.8 Å². The Morgan fingerprint density at radius 3 is 2.21 bits per heavy atom. The standard InChI is InChI=1S/C22H24N2O3S/c1-3-16-5-7-18(8-6-16)13-23-20-14-28(26,27)15-21(20)24(22(23)25)19-11-9-17(4-2)10-12-19/h3,5-12,20-21H,1,4,13-15H2,2H3/t20-,21-/m0/s1. The van der Waals surface area contributed by atoms with E-state index in [2.05, 4.69) is 13.5 Å². The molecular weight excluding hydrogens is 372 g/mol. The molecule has 0 aromatic heterocycles. The van der Waals surface area contributed by atoms with E-state index < -0.39 is 9.84 Å². The minimum Gasteiger partial charge on any atom is -0.314 e. The first-order valence-corrected chi connectivity index (χ1v) is 11.3. The number of rotatable bonds is 5. The van der Waals surface area contributed by atoms with E-state index in [9.17, 15) is 13.2 Å². The Labute approximate surface area is 166 Å². The fourth-order valence-corrected chi connectivity index (χ4v) is 6.06. The molecule has 4 rings (SSSR count). The van der Waals surface area contributed by atoms with Crippen LogP contribution in [0.3, 0.4) is 0 Å². The van der Waals surface area contributed by atoms with E-state index in [1.807, 2.05) is 48.5 Å². The van der Waals surface area contributed by atoms with Crippen molar-refractivity contribution in [3.63, 3.8) is 0 Å². The number of anilines is 1. The molecule has 0 spiro atoms. The number of benzene rings is 2. The Morgan fingerprint density at radius 2 is 1.61 bits per heavy atom. The molecule has 2 fully saturated rings. The number of carbonyl (C=O) groups is 1. The lowest BCUT2D eigenvalue weighted by Crippen LogP contribution is -2.37. The fraction of sp³-hybridized carbons (Fsp3) is 0.318. The van der Waals surface area contributed by atoms with Crippen molar-refractivity contribution in [2.24, 2.45) is 0 Å². The van der Waals surface area contributed by atoms with Crippen molar-refractivity contribution >= 4 is 27.6 Å². The summed E-state index contributed by atoms with van der Waals surface area (Å²) in [4.78, 5) is 16.6. The molecule has 5 nitrogen and oxygen atoms in total. The summed E-state index contributed by atoms with van der Waals surface area (Å²) in [6.07, 6.45) is 2.69. The number of hydrogen-bond acceptors (Lipinski definition) is 3. The fourth-order valence-electron chi connectivity index (χ4n) is 4.11. The average Bonchev–Trinajstić information content (AvgIpc) is 3.13. The Bertz CT molecular complexity index is 997. The van der Waals surface area contributed by atoms with Gasteiger partial charge in [-0.25, -0.2) is 13.2 Å². The van der Waals surface area contributed by atoms with Crippen LogP contribution in [0.1, 0.15) is 23.6 Å². The molecular formula is C22H24N2O3S. The molecule has 2 aliphatic heterocycles. The van der Waals surface area contributed by atoms with E-state index in [0.29, 0.717) is 6.54 Å². The summed E-state index contributed by atoms with van der Waals surface area (Å²) in [6, 6.07) is 14.9. The summed E-state index contributed by atoms with van der Waals surface area (Å²) in [6.45, 7) is 6.23.